The topological polar surface area (TPSA) is 337 Å². The number of aliphatic hydroxyl groups excluding tert-OH is 2. The standard InChI is InChI=1S/C54H85N9O12/c1-30(2)21-38(56-46(66)37(55)28-64)47(67)57-40(23-32(5)6)49(69)60-42(26-35-17-13-11-14-18-35)51(71)59-39(22-31(3)4)48(68)58-41(24-33(7)8)50(70)61-43(27-36-19-15-12-16-20-36)52(72)63-45(29-65)53(73)62-44(54(74)75)25-34(9)10/h11-20,30-34,37-45,64-65H,21-29,55H2,1-10H3,(H,56,66)(H,57,67)(H,58,68)(H,59,71)(H,60,69)(H,61,70)(H,62,73)(H,63,72)(H,74,75)/t37-,38-,39-,40-,41-,42-,43-,44-,45-/m0/s1. The third kappa shape index (κ3) is 24.2. The second-order valence-electron chi connectivity index (χ2n) is 21.3. The molecular formula is C54H85N9O12. The van der Waals surface area contributed by atoms with Gasteiger partial charge in [-0.05, 0) is 72.8 Å². The van der Waals surface area contributed by atoms with Gasteiger partial charge in [0.25, 0.3) is 0 Å². The Morgan fingerprint density at radius 3 is 0.880 bits per heavy atom. The second-order valence-corrected chi connectivity index (χ2v) is 21.3. The Hall–Kier alpha value is -6.45. The summed E-state index contributed by atoms with van der Waals surface area (Å²) >= 11 is 0. The SMILES string of the molecule is CC(C)C[C@H](NC(=O)[C@H](CO)NC(=O)[C@H](Cc1ccccc1)NC(=O)[C@H](CC(C)C)NC(=O)[C@H](CC(C)C)NC(=O)[C@H](Cc1ccccc1)NC(=O)[C@H](CC(C)C)NC(=O)[C@H](CC(C)C)NC(=O)[C@@H](N)CO)C(=O)O. The Balaban J connectivity index is 2.49. The van der Waals surface area contributed by atoms with Gasteiger partial charge in [-0.15, -0.1) is 0 Å². The van der Waals surface area contributed by atoms with E-state index in [2.05, 4.69) is 42.5 Å². The highest BCUT2D eigenvalue weighted by molar-refractivity contribution is 5.98. The molecule has 0 aromatic heterocycles. The number of carboxylic acid groups (broad SMARTS) is 1. The molecule has 0 saturated heterocycles. The van der Waals surface area contributed by atoms with Gasteiger partial charge in [0.1, 0.15) is 54.4 Å². The van der Waals surface area contributed by atoms with Gasteiger partial charge >= 0.3 is 5.97 Å². The Morgan fingerprint density at radius 1 is 0.360 bits per heavy atom. The van der Waals surface area contributed by atoms with E-state index in [1.165, 1.54) is 0 Å². The summed E-state index contributed by atoms with van der Waals surface area (Å²) in [5.41, 5.74) is 7.00. The summed E-state index contributed by atoms with van der Waals surface area (Å²) in [6.07, 6.45) is 0.490. The monoisotopic (exact) mass is 1050 g/mol. The number of nitrogens with one attached hydrogen (secondary N) is 8. The number of carbonyl (C=O) groups excluding carboxylic acids is 8. The zero-order valence-corrected chi connectivity index (χ0v) is 45.3. The van der Waals surface area contributed by atoms with E-state index in [1.807, 2.05) is 55.4 Å². The Kier molecular flexibility index (Phi) is 28.3. The number of nitrogens with two attached hydrogens (primary N) is 1. The molecule has 0 aliphatic heterocycles. The third-order valence-corrected chi connectivity index (χ3v) is 11.9. The van der Waals surface area contributed by atoms with Gasteiger partial charge < -0.3 is 63.6 Å². The average molecular weight is 1050 g/mol. The molecule has 418 valence electrons. The van der Waals surface area contributed by atoms with E-state index >= 15 is 0 Å². The van der Waals surface area contributed by atoms with Gasteiger partial charge in [-0.3, -0.25) is 38.4 Å². The number of hydrogen-bond acceptors (Lipinski definition) is 12. The minimum Gasteiger partial charge on any atom is -0.480 e. The van der Waals surface area contributed by atoms with Crippen molar-refractivity contribution in [1.82, 2.24) is 42.5 Å². The number of rotatable bonds is 33. The highest BCUT2D eigenvalue weighted by Crippen LogP contribution is 2.15. The van der Waals surface area contributed by atoms with E-state index in [1.54, 1.807) is 74.5 Å². The summed E-state index contributed by atoms with van der Waals surface area (Å²) in [6, 6.07) is 5.89. The van der Waals surface area contributed by atoms with Crippen LogP contribution in [0.4, 0.5) is 0 Å². The normalized spacial score (nSPS) is 15.1. The smallest absolute Gasteiger partial charge is 0.326 e. The molecule has 0 saturated carbocycles. The number of carboxylic acids is 1. The lowest BCUT2D eigenvalue weighted by Gasteiger charge is -2.29. The van der Waals surface area contributed by atoms with Gasteiger partial charge in [-0.25, -0.2) is 4.79 Å². The van der Waals surface area contributed by atoms with Gasteiger partial charge in [0, 0.05) is 12.8 Å². The van der Waals surface area contributed by atoms with Crippen molar-refractivity contribution < 1.29 is 58.5 Å². The molecule has 75 heavy (non-hydrogen) atoms. The Bertz CT molecular complexity index is 2160. The first kappa shape index (κ1) is 64.7. The zero-order valence-electron chi connectivity index (χ0n) is 45.3. The molecule has 0 bridgehead atoms. The number of aliphatic hydroxyl groups is 2. The van der Waals surface area contributed by atoms with Crippen LogP contribution < -0.4 is 48.3 Å². The van der Waals surface area contributed by atoms with Crippen molar-refractivity contribution in [3.05, 3.63) is 71.8 Å². The number of hydrogen-bond donors (Lipinski definition) is 12. The predicted molar refractivity (Wildman–Crippen MR) is 283 cm³/mol. The highest BCUT2D eigenvalue weighted by atomic mass is 16.4. The lowest BCUT2D eigenvalue weighted by atomic mass is 9.98. The van der Waals surface area contributed by atoms with E-state index in [0.717, 1.165) is 0 Å². The maximum atomic E-state index is 14.5. The highest BCUT2D eigenvalue weighted by Gasteiger charge is 2.36. The van der Waals surface area contributed by atoms with E-state index < -0.39 is 121 Å². The van der Waals surface area contributed by atoms with Crippen molar-refractivity contribution in [1.29, 1.82) is 0 Å². The number of benzene rings is 2. The molecular weight excluding hydrogens is 967 g/mol. The molecule has 2 aromatic carbocycles. The first-order chi connectivity index (χ1) is 35.2. The van der Waals surface area contributed by atoms with Crippen LogP contribution in [0.3, 0.4) is 0 Å². The summed E-state index contributed by atoms with van der Waals surface area (Å²) < 4.78 is 0. The van der Waals surface area contributed by atoms with Crippen LogP contribution in [0.2, 0.25) is 0 Å². The summed E-state index contributed by atoms with van der Waals surface area (Å²) in [4.78, 5) is 123. The molecule has 0 unspecified atom stereocenters. The summed E-state index contributed by atoms with van der Waals surface area (Å²) in [5.74, 6) is -8.14. The average Bonchev–Trinajstić information content (AvgIpc) is 3.33. The van der Waals surface area contributed by atoms with Crippen molar-refractivity contribution in [2.24, 2.45) is 35.3 Å². The fraction of sp³-hybridized carbons (Fsp3) is 0.611. The molecule has 9 atom stereocenters. The van der Waals surface area contributed by atoms with Crippen LogP contribution in [0.25, 0.3) is 0 Å². The van der Waals surface area contributed by atoms with Crippen LogP contribution in [0.5, 0.6) is 0 Å². The van der Waals surface area contributed by atoms with Crippen molar-refractivity contribution in [2.45, 2.75) is 169 Å². The molecule has 21 nitrogen and oxygen atoms in total. The van der Waals surface area contributed by atoms with Crippen LogP contribution in [0, 0.1) is 29.6 Å². The van der Waals surface area contributed by atoms with Crippen molar-refractivity contribution in [2.75, 3.05) is 13.2 Å². The first-order valence-electron chi connectivity index (χ1n) is 26.0. The molecule has 0 aliphatic carbocycles. The number of amides is 8. The summed E-state index contributed by atoms with van der Waals surface area (Å²) in [7, 11) is 0. The van der Waals surface area contributed by atoms with Crippen molar-refractivity contribution in [3.63, 3.8) is 0 Å². The van der Waals surface area contributed by atoms with Crippen LogP contribution in [0.15, 0.2) is 60.7 Å². The summed E-state index contributed by atoms with van der Waals surface area (Å²) in [5, 5.41) is 50.5. The maximum absolute atomic E-state index is 14.5. The lowest BCUT2D eigenvalue weighted by molar-refractivity contribution is -0.143. The molecule has 0 radical (unpaired) electrons. The summed E-state index contributed by atoms with van der Waals surface area (Å²) in [6.45, 7) is 16.7. The zero-order chi connectivity index (χ0) is 56.5. The maximum Gasteiger partial charge on any atom is 0.326 e. The minimum absolute atomic E-state index is 0.0258. The molecule has 8 amide bonds. The molecule has 2 rings (SSSR count). The second kappa shape index (κ2) is 32.8. The van der Waals surface area contributed by atoms with Gasteiger partial charge in [-0.2, -0.15) is 0 Å². The van der Waals surface area contributed by atoms with E-state index in [0.29, 0.717) is 11.1 Å². The number of carbonyl (C=O) groups is 9. The van der Waals surface area contributed by atoms with Gasteiger partial charge in [0.2, 0.25) is 47.3 Å². The third-order valence-electron chi connectivity index (χ3n) is 11.9. The quantitative estimate of drug-likeness (QED) is 0.0475. The fourth-order valence-corrected chi connectivity index (χ4v) is 8.08. The van der Waals surface area contributed by atoms with Crippen molar-refractivity contribution in [3.8, 4) is 0 Å². The van der Waals surface area contributed by atoms with E-state index in [4.69, 9.17) is 5.73 Å². The minimum atomic E-state index is -1.58. The van der Waals surface area contributed by atoms with Crippen molar-refractivity contribution >= 4 is 53.2 Å². The Labute approximate surface area is 441 Å². The largest absolute Gasteiger partial charge is 0.480 e. The van der Waals surface area contributed by atoms with E-state index in [-0.39, 0.29) is 74.5 Å². The van der Waals surface area contributed by atoms with Crippen LogP contribution in [-0.2, 0) is 56.0 Å². The fourth-order valence-electron chi connectivity index (χ4n) is 8.08. The van der Waals surface area contributed by atoms with Gasteiger partial charge in [0.15, 0.2) is 0 Å². The molecule has 21 heteroatoms. The first-order valence-corrected chi connectivity index (χ1v) is 26.0. The predicted octanol–water partition coefficient (Wildman–Crippen LogP) is 0.977. The lowest BCUT2D eigenvalue weighted by Crippen LogP contribution is -2.61. The molecule has 13 N–H and O–H groups in total. The molecule has 0 fully saturated rings. The molecule has 0 heterocycles. The van der Waals surface area contributed by atoms with Crippen LogP contribution in [0.1, 0.15) is 112 Å². The molecule has 0 aliphatic rings. The molecule has 2 aromatic rings. The van der Waals surface area contributed by atoms with Gasteiger partial charge in [-0.1, -0.05) is 130 Å². The number of aliphatic carboxylic acids is 1. The van der Waals surface area contributed by atoms with Crippen LogP contribution in [-0.4, -0.2) is 136 Å². The van der Waals surface area contributed by atoms with Crippen LogP contribution >= 0.6 is 0 Å². The van der Waals surface area contributed by atoms with E-state index in [9.17, 15) is 58.5 Å². The van der Waals surface area contributed by atoms with Gasteiger partial charge in [0.05, 0.1) is 13.2 Å². The molecule has 0 spiro atoms. The Morgan fingerprint density at radius 2 is 0.600 bits per heavy atom.